The zero-order valence-electron chi connectivity index (χ0n) is 15.7. The van der Waals surface area contributed by atoms with Crippen molar-refractivity contribution in [3.63, 3.8) is 0 Å². The maximum atomic E-state index is 13.7. The van der Waals surface area contributed by atoms with Crippen LogP contribution >= 0.6 is 0 Å². The van der Waals surface area contributed by atoms with Gasteiger partial charge in [0.25, 0.3) is 0 Å². The Hall–Kier alpha value is -4.34. The van der Waals surface area contributed by atoms with Crippen LogP contribution in [0.2, 0.25) is 0 Å². The first-order chi connectivity index (χ1) is 14.6. The minimum atomic E-state index is -0.512. The normalized spacial score (nSPS) is 11.1. The topological polar surface area (TPSA) is 116 Å². The second kappa shape index (κ2) is 6.92. The van der Waals surface area contributed by atoms with Crippen LogP contribution in [0.1, 0.15) is 5.56 Å². The molecule has 0 aliphatic rings. The summed E-state index contributed by atoms with van der Waals surface area (Å²) in [5.41, 5.74) is 8.51. The van der Waals surface area contributed by atoms with E-state index in [9.17, 15) is 4.39 Å². The highest BCUT2D eigenvalue weighted by Crippen LogP contribution is 2.30. The first-order valence-corrected chi connectivity index (χ1v) is 8.97. The maximum Gasteiger partial charge on any atom is 0.224 e. The summed E-state index contributed by atoms with van der Waals surface area (Å²) >= 11 is 0. The van der Waals surface area contributed by atoms with Crippen molar-refractivity contribution in [2.24, 2.45) is 0 Å². The average Bonchev–Trinajstić information content (AvgIpc) is 3.19. The van der Waals surface area contributed by atoms with E-state index in [1.807, 2.05) is 25.1 Å². The Kier molecular flexibility index (Phi) is 4.09. The van der Waals surface area contributed by atoms with Gasteiger partial charge in [0.15, 0.2) is 5.65 Å². The predicted molar refractivity (Wildman–Crippen MR) is 109 cm³/mol. The number of hydrogen-bond donors (Lipinski definition) is 2. The fourth-order valence-corrected chi connectivity index (χ4v) is 3.05. The molecule has 5 rings (SSSR count). The van der Waals surface area contributed by atoms with E-state index < -0.39 is 5.82 Å². The first kappa shape index (κ1) is 17.7. The molecular formula is C20H15FN8O. The quantitative estimate of drug-likeness (QED) is 0.438. The van der Waals surface area contributed by atoms with Crippen molar-refractivity contribution in [2.45, 2.75) is 6.92 Å². The van der Waals surface area contributed by atoms with E-state index in [-0.39, 0.29) is 5.69 Å². The zero-order chi connectivity index (χ0) is 20.7. The van der Waals surface area contributed by atoms with Gasteiger partial charge in [-0.05, 0) is 36.8 Å². The van der Waals surface area contributed by atoms with Crippen molar-refractivity contribution in [2.75, 3.05) is 11.1 Å². The molecule has 0 saturated heterocycles. The molecule has 0 radical (unpaired) electrons. The van der Waals surface area contributed by atoms with Crippen LogP contribution in [-0.4, -0.2) is 29.5 Å². The largest absolute Gasteiger partial charge is 0.439 e. The number of anilines is 3. The minimum absolute atomic E-state index is 0.0393. The van der Waals surface area contributed by atoms with Gasteiger partial charge in [0.05, 0.1) is 11.2 Å². The molecule has 0 amide bonds. The Morgan fingerprint density at radius 1 is 1.07 bits per heavy atom. The molecule has 0 spiro atoms. The van der Waals surface area contributed by atoms with Gasteiger partial charge in [0, 0.05) is 23.2 Å². The van der Waals surface area contributed by atoms with E-state index in [1.54, 1.807) is 23.1 Å². The Balaban J connectivity index is 1.42. The number of nitrogens with zero attached hydrogens (tertiary/aromatic N) is 6. The molecule has 9 nitrogen and oxygen atoms in total. The summed E-state index contributed by atoms with van der Waals surface area (Å²) in [6, 6.07) is 10.1. The second-order valence-electron chi connectivity index (χ2n) is 6.64. The second-order valence-corrected chi connectivity index (χ2v) is 6.64. The summed E-state index contributed by atoms with van der Waals surface area (Å²) in [5.74, 6) is 1.08. The molecule has 0 fully saturated rings. The summed E-state index contributed by atoms with van der Waals surface area (Å²) in [4.78, 5) is 12.6. The lowest BCUT2D eigenvalue weighted by Gasteiger charge is -2.12. The van der Waals surface area contributed by atoms with E-state index in [2.05, 4.69) is 30.5 Å². The highest BCUT2D eigenvalue weighted by Gasteiger charge is 2.10. The van der Waals surface area contributed by atoms with Gasteiger partial charge in [-0.1, -0.05) is 0 Å². The van der Waals surface area contributed by atoms with Crippen molar-refractivity contribution in [1.29, 1.82) is 0 Å². The van der Waals surface area contributed by atoms with Crippen LogP contribution < -0.4 is 15.8 Å². The predicted octanol–water partition coefficient (Wildman–Crippen LogP) is 3.63. The summed E-state index contributed by atoms with van der Waals surface area (Å²) < 4.78 is 21.3. The number of nitrogens with one attached hydrogen (secondary N) is 1. The Labute approximate surface area is 169 Å². The summed E-state index contributed by atoms with van der Waals surface area (Å²) in [6.45, 7) is 1.92. The molecule has 2 aromatic carbocycles. The lowest BCUT2D eigenvalue weighted by atomic mass is 10.1. The maximum absolute atomic E-state index is 13.7. The molecule has 3 aromatic heterocycles. The molecule has 10 heteroatoms. The first-order valence-electron chi connectivity index (χ1n) is 8.97. The Bertz CT molecular complexity index is 1400. The van der Waals surface area contributed by atoms with Gasteiger partial charge in [-0.25, -0.2) is 19.3 Å². The number of nitrogen functional groups attached to an aromatic ring is 1. The molecule has 0 saturated carbocycles. The van der Waals surface area contributed by atoms with Gasteiger partial charge in [-0.2, -0.15) is 0 Å². The van der Waals surface area contributed by atoms with E-state index in [0.29, 0.717) is 34.0 Å². The molecule has 3 heterocycles. The van der Waals surface area contributed by atoms with Crippen molar-refractivity contribution >= 4 is 33.7 Å². The SMILES string of the molecule is Cc1cc(Nc2ncnc3cc(F)c(N)cc23)ccc1Oc1cc2nncn2cn1. The third-order valence-corrected chi connectivity index (χ3v) is 4.57. The highest BCUT2D eigenvalue weighted by molar-refractivity contribution is 5.92. The molecule has 148 valence electrons. The summed E-state index contributed by atoms with van der Waals surface area (Å²) in [5, 5.41) is 11.6. The molecule has 0 unspecified atom stereocenters. The molecular weight excluding hydrogens is 387 g/mol. The molecule has 0 aliphatic heterocycles. The van der Waals surface area contributed by atoms with E-state index >= 15 is 0 Å². The van der Waals surface area contributed by atoms with Crippen LogP contribution in [0.4, 0.5) is 21.6 Å². The van der Waals surface area contributed by atoms with Crippen LogP contribution in [0.25, 0.3) is 16.6 Å². The zero-order valence-corrected chi connectivity index (χ0v) is 15.7. The minimum Gasteiger partial charge on any atom is -0.439 e. The van der Waals surface area contributed by atoms with Crippen LogP contribution in [0, 0.1) is 12.7 Å². The number of halogens is 1. The summed E-state index contributed by atoms with van der Waals surface area (Å²) in [7, 11) is 0. The monoisotopic (exact) mass is 402 g/mol. The lowest BCUT2D eigenvalue weighted by Crippen LogP contribution is -1.99. The average molecular weight is 402 g/mol. The number of aryl methyl sites for hydroxylation is 1. The van der Waals surface area contributed by atoms with Crippen molar-refractivity contribution in [1.82, 2.24) is 29.5 Å². The Morgan fingerprint density at radius 3 is 2.83 bits per heavy atom. The van der Waals surface area contributed by atoms with Crippen LogP contribution in [-0.2, 0) is 0 Å². The van der Waals surface area contributed by atoms with Crippen LogP contribution in [0.15, 0.2) is 55.4 Å². The van der Waals surface area contributed by atoms with Gasteiger partial charge in [-0.3, -0.25) is 4.40 Å². The molecule has 0 atom stereocenters. The fraction of sp³-hybridized carbons (Fsp3) is 0.0500. The molecule has 30 heavy (non-hydrogen) atoms. The number of benzene rings is 2. The lowest BCUT2D eigenvalue weighted by molar-refractivity contribution is 0.458. The number of nitrogens with two attached hydrogens (primary N) is 1. The third kappa shape index (κ3) is 3.20. The summed E-state index contributed by atoms with van der Waals surface area (Å²) in [6.07, 6.45) is 4.53. The number of ether oxygens (including phenoxy) is 1. The van der Waals surface area contributed by atoms with Gasteiger partial charge >= 0.3 is 0 Å². The number of hydrogen-bond acceptors (Lipinski definition) is 8. The fourth-order valence-electron chi connectivity index (χ4n) is 3.05. The number of fused-ring (bicyclic) bond motifs is 2. The van der Waals surface area contributed by atoms with Crippen molar-refractivity contribution in [3.05, 3.63) is 66.8 Å². The van der Waals surface area contributed by atoms with Gasteiger partial charge in [0.1, 0.15) is 36.4 Å². The molecule has 5 aromatic rings. The van der Waals surface area contributed by atoms with Gasteiger partial charge in [-0.15, -0.1) is 10.2 Å². The van der Waals surface area contributed by atoms with Crippen molar-refractivity contribution < 1.29 is 9.13 Å². The van der Waals surface area contributed by atoms with Gasteiger partial charge < -0.3 is 15.8 Å². The third-order valence-electron chi connectivity index (χ3n) is 4.57. The molecule has 3 N–H and O–H groups in total. The molecule has 0 bridgehead atoms. The number of aromatic nitrogens is 6. The highest BCUT2D eigenvalue weighted by atomic mass is 19.1. The van der Waals surface area contributed by atoms with Crippen LogP contribution in [0.5, 0.6) is 11.6 Å². The smallest absolute Gasteiger partial charge is 0.224 e. The van der Waals surface area contributed by atoms with Gasteiger partial charge in [0.2, 0.25) is 5.88 Å². The molecule has 0 aliphatic carbocycles. The van der Waals surface area contributed by atoms with E-state index in [0.717, 1.165) is 11.3 Å². The number of rotatable bonds is 4. The Morgan fingerprint density at radius 2 is 1.97 bits per heavy atom. The van der Waals surface area contributed by atoms with E-state index in [1.165, 1.54) is 18.5 Å². The van der Waals surface area contributed by atoms with Crippen molar-refractivity contribution in [3.8, 4) is 11.6 Å². The standard InChI is InChI=1S/C20H15FN8O/c1-11-4-12(27-20-13-5-15(22)14(21)6-16(13)23-8-24-20)2-3-17(11)30-19-7-18-28-26-10-29(18)9-25-19/h2-10H,22H2,1H3,(H,23,24,27). The van der Waals surface area contributed by atoms with Crippen LogP contribution in [0.3, 0.4) is 0 Å². The van der Waals surface area contributed by atoms with E-state index in [4.69, 9.17) is 10.5 Å².